The maximum absolute atomic E-state index is 11.4. The van der Waals surface area contributed by atoms with Gasteiger partial charge in [-0.25, -0.2) is 0 Å². The van der Waals surface area contributed by atoms with Crippen LogP contribution in [0.4, 0.5) is 0 Å². The largest absolute Gasteiger partial charge is 0.396 e. The fraction of sp³-hybridized carbons (Fsp3) is 0.952. The Bertz CT molecular complexity index is 393. The van der Waals surface area contributed by atoms with Crippen molar-refractivity contribution in [1.82, 2.24) is 5.32 Å². The number of unbranched alkanes of at least 4 members (excludes halogenated alkanes) is 9. The summed E-state index contributed by atoms with van der Waals surface area (Å²) >= 11 is 0. The van der Waals surface area contributed by atoms with Crippen molar-refractivity contribution in [3.63, 3.8) is 0 Å². The molecule has 0 bridgehead atoms. The van der Waals surface area contributed by atoms with Crippen molar-refractivity contribution in [2.75, 3.05) is 13.2 Å². The molecule has 27 heavy (non-hydrogen) atoms. The molecule has 1 rings (SSSR count). The summed E-state index contributed by atoms with van der Waals surface area (Å²) in [4.78, 5) is 11.4. The zero-order valence-corrected chi connectivity index (χ0v) is 17.2. The van der Waals surface area contributed by atoms with E-state index in [4.69, 9.17) is 4.74 Å². The lowest BCUT2D eigenvalue weighted by molar-refractivity contribution is -0.142. The third kappa shape index (κ3) is 9.37. The summed E-state index contributed by atoms with van der Waals surface area (Å²) in [6.45, 7) is 3.98. The van der Waals surface area contributed by atoms with Gasteiger partial charge in [-0.1, -0.05) is 64.7 Å². The van der Waals surface area contributed by atoms with Crippen LogP contribution >= 0.6 is 0 Å². The maximum atomic E-state index is 11.4. The molecule has 0 spiro atoms. The van der Waals surface area contributed by atoms with E-state index < -0.39 is 24.2 Å². The summed E-state index contributed by atoms with van der Waals surface area (Å²) in [5.41, 5.74) is 0. The average Bonchev–Trinajstić information content (AvgIpc) is 2.64. The fourth-order valence-corrected chi connectivity index (χ4v) is 3.89. The standard InChI is InChI=1S/C21H41NO5/c1-3-4-5-6-7-8-9-10-11-12-13-27-18-14-17(15-23)20(25)21(26)19(18)22-16(2)24/h17-21,23,25-26H,3-15H2,1-2H3,(H,22,24)/t17-,18-,19+,20+,21-/m1/s1. The lowest BCUT2D eigenvalue weighted by Crippen LogP contribution is -2.61. The van der Waals surface area contributed by atoms with E-state index in [0.717, 1.165) is 12.8 Å². The van der Waals surface area contributed by atoms with Gasteiger partial charge in [0.15, 0.2) is 0 Å². The molecule has 0 saturated heterocycles. The van der Waals surface area contributed by atoms with Gasteiger partial charge in [0.2, 0.25) is 5.91 Å². The third-order valence-corrected chi connectivity index (χ3v) is 5.57. The SMILES string of the molecule is CCCCCCCCCCCCO[C@@H]1C[C@H](CO)[C@H](O)[C@H](O)[C@H]1NC(C)=O. The van der Waals surface area contributed by atoms with Crippen molar-refractivity contribution >= 4 is 5.91 Å². The molecule has 1 fully saturated rings. The topological polar surface area (TPSA) is 99.0 Å². The number of aliphatic hydroxyl groups is 3. The van der Waals surface area contributed by atoms with Gasteiger partial charge in [0, 0.05) is 26.1 Å². The van der Waals surface area contributed by atoms with E-state index >= 15 is 0 Å². The summed E-state index contributed by atoms with van der Waals surface area (Å²) in [6.07, 6.45) is 10.4. The molecular formula is C21H41NO5. The maximum Gasteiger partial charge on any atom is 0.217 e. The van der Waals surface area contributed by atoms with E-state index in [2.05, 4.69) is 12.2 Å². The fourth-order valence-electron chi connectivity index (χ4n) is 3.89. The number of carbonyl (C=O) groups excluding carboxylic acids is 1. The number of hydrogen-bond donors (Lipinski definition) is 4. The Balaban J connectivity index is 2.23. The van der Waals surface area contributed by atoms with Gasteiger partial charge in [0.1, 0.15) is 6.10 Å². The Labute approximate surface area is 164 Å². The second kappa shape index (κ2) is 14.3. The molecule has 0 heterocycles. The van der Waals surface area contributed by atoms with Crippen molar-refractivity contribution < 1.29 is 24.9 Å². The molecule has 0 unspecified atom stereocenters. The molecule has 0 aromatic carbocycles. The number of aliphatic hydroxyl groups excluding tert-OH is 3. The lowest BCUT2D eigenvalue weighted by Gasteiger charge is -2.42. The number of nitrogens with one attached hydrogen (secondary N) is 1. The molecular weight excluding hydrogens is 346 g/mol. The molecule has 0 aliphatic heterocycles. The first-order valence-electron chi connectivity index (χ1n) is 10.9. The van der Waals surface area contributed by atoms with Gasteiger partial charge in [-0.3, -0.25) is 4.79 Å². The van der Waals surface area contributed by atoms with Crippen molar-refractivity contribution in [1.29, 1.82) is 0 Å². The number of carbonyl (C=O) groups is 1. The van der Waals surface area contributed by atoms with Crippen molar-refractivity contribution in [2.24, 2.45) is 5.92 Å². The van der Waals surface area contributed by atoms with Gasteiger partial charge in [0.05, 0.1) is 18.2 Å². The van der Waals surface area contributed by atoms with Crippen molar-refractivity contribution in [3.8, 4) is 0 Å². The highest BCUT2D eigenvalue weighted by Gasteiger charge is 2.44. The molecule has 6 heteroatoms. The van der Waals surface area contributed by atoms with E-state index in [1.807, 2.05) is 0 Å². The average molecular weight is 388 g/mol. The van der Waals surface area contributed by atoms with E-state index in [0.29, 0.717) is 13.0 Å². The molecule has 1 amide bonds. The molecule has 4 N–H and O–H groups in total. The van der Waals surface area contributed by atoms with Gasteiger partial charge in [-0.2, -0.15) is 0 Å². The highest BCUT2D eigenvalue weighted by atomic mass is 16.5. The lowest BCUT2D eigenvalue weighted by atomic mass is 9.79. The van der Waals surface area contributed by atoms with Crippen LogP contribution in [0.15, 0.2) is 0 Å². The number of hydrogen-bond acceptors (Lipinski definition) is 5. The van der Waals surface area contributed by atoms with Gasteiger partial charge in [-0.15, -0.1) is 0 Å². The summed E-state index contributed by atoms with van der Waals surface area (Å²) in [6, 6.07) is -0.636. The highest BCUT2D eigenvalue weighted by Crippen LogP contribution is 2.28. The minimum atomic E-state index is -1.13. The normalized spacial score (nSPS) is 28.3. The Morgan fingerprint density at radius 3 is 2.04 bits per heavy atom. The van der Waals surface area contributed by atoms with Crippen LogP contribution in [0.3, 0.4) is 0 Å². The summed E-state index contributed by atoms with van der Waals surface area (Å²) in [7, 11) is 0. The van der Waals surface area contributed by atoms with Crippen LogP contribution in [0.2, 0.25) is 0 Å². The first-order chi connectivity index (χ1) is 13.0. The van der Waals surface area contributed by atoms with Crippen LogP contribution in [-0.4, -0.2) is 58.8 Å². The molecule has 0 aromatic rings. The minimum Gasteiger partial charge on any atom is -0.396 e. The first kappa shape index (κ1) is 24.3. The van der Waals surface area contributed by atoms with Crippen LogP contribution in [0, 0.1) is 5.92 Å². The van der Waals surface area contributed by atoms with Gasteiger partial charge < -0.3 is 25.4 Å². The Kier molecular flexibility index (Phi) is 12.9. The number of ether oxygens (including phenoxy) is 1. The van der Waals surface area contributed by atoms with E-state index in [1.165, 1.54) is 58.3 Å². The summed E-state index contributed by atoms with van der Waals surface area (Å²) in [5.74, 6) is -0.691. The second-order valence-corrected chi connectivity index (χ2v) is 7.98. The quantitative estimate of drug-likeness (QED) is 0.343. The predicted octanol–water partition coefficient (Wildman–Crippen LogP) is 2.53. The molecule has 1 aliphatic carbocycles. The molecule has 0 radical (unpaired) electrons. The summed E-state index contributed by atoms with van der Waals surface area (Å²) in [5, 5.41) is 32.5. The van der Waals surface area contributed by atoms with Gasteiger partial charge >= 0.3 is 0 Å². The number of amides is 1. The molecule has 1 aliphatic rings. The predicted molar refractivity (Wildman–Crippen MR) is 106 cm³/mol. The van der Waals surface area contributed by atoms with Crippen LogP contribution in [0.1, 0.15) is 84.5 Å². The molecule has 1 saturated carbocycles. The van der Waals surface area contributed by atoms with E-state index in [1.54, 1.807) is 0 Å². The number of rotatable bonds is 14. The Morgan fingerprint density at radius 2 is 1.52 bits per heavy atom. The monoisotopic (exact) mass is 387 g/mol. The molecule has 160 valence electrons. The zero-order chi connectivity index (χ0) is 20.1. The van der Waals surface area contributed by atoms with Crippen LogP contribution in [-0.2, 0) is 9.53 Å². The van der Waals surface area contributed by atoms with Crippen molar-refractivity contribution in [3.05, 3.63) is 0 Å². The Hall–Kier alpha value is -0.690. The third-order valence-electron chi connectivity index (χ3n) is 5.57. The van der Waals surface area contributed by atoms with Crippen LogP contribution in [0.25, 0.3) is 0 Å². The first-order valence-corrected chi connectivity index (χ1v) is 10.9. The Morgan fingerprint density at radius 1 is 0.963 bits per heavy atom. The summed E-state index contributed by atoms with van der Waals surface area (Å²) < 4.78 is 5.92. The van der Waals surface area contributed by atoms with Crippen LogP contribution in [0.5, 0.6) is 0 Å². The minimum absolute atomic E-state index is 0.205. The smallest absolute Gasteiger partial charge is 0.217 e. The van der Waals surface area contributed by atoms with E-state index in [9.17, 15) is 20.1 Å². The zero-order valence-electron chi connectivity index (χ0n) is 17.2. The molecule has 6 nitrogen and oxygen atoms in total. The molecule has 5 atom stereocenters. The highest BCUT2D eigenvalue weighted by molar-refractivity contribution is 5.73. The van der Waals surface area contributed by atoms with Crippen molar-refractivity contribution in [2.45, 2.75) is 109 Å². The van der Waals surface area contributed by atoms with Gasteiger partial charge in [-0.05, 0) is 12.8 Å². The van der Waals surface area contributed by atoms with Gasteiger partial charge in [0.25, 0.3) is 0 Å². The second-order valence-electron chi connectivity index (χ2n) is 7.98. The molecule has 0 aromatic heterocycles. The van der Waals surface area contributed by atoms with E-state index in [-0.39, 0.29) is 18.6 Å². The van der Waals surface area contributed by atoms with Crippen LogP contribution < -0.4 is 5.32 Å².